The van der Waals surface area contributed by atoms with Gasteiger partial charge in [0.05, 0.1) is 6.20 Å². The molecule has 0 saturated heterocycles. The second-order valence-corrected chi connectivity index (χ2v) is 4.41. The molecule has 0 bridgehead atoms. The lowest BCUT2D eigenvalue weighted by Crippen LogP contribution is -2.10. The molecule has 0 atom stereocenters. The lowest BCUT2D eigenvalue weighted by molar-refractivity contribution is 0.569. The van der Waals surface area contributed by atoms with Crippen LogP contribution < -0.4 is 5.32 Å². The maximum absolute atomic E-state index is 4.45. The second kappa shape index (κ2) is 6.09. The first-order chi connectivity index (χ1) is 8.75. The Morgan fingerprint density at radius 1 is 1.33 bits per heavy atom. The number of hydrogen-bond acceptors (Lipinski definition) is 5. The molecule has 0 spiro atoms. The molecule has 0 unspecified atom stereocenters. The number of aromatic nitrogens is 5. The highest BCUT2D eigenvalue weighted by Gasteiger charge is 2.02. The topological polar surface area (TPSA) is 68.5 Å². The van der Waals surface area contributed by atoms with Gasteiger partial charge in [0, 0.05) is 31.2 Å². The first kappa shape index (κ1) is 12.5. The fourth-order valence-corrected chi connectivity index (χ4v) is 1.57. The van der Waals surface area contributed by atoms with E-state index < -0.39 is 0 Å². The van der Waals surface area contributed by atoms with E-state index in [1.54, 1.807) is 12.4 Å². The van der Waals surface area contributed by atoms with Gasteiger partial charge in [-0.1, -0.05) is 19.1 Å². The Labute approximate surface area is 106 Å². The first-order valence-corrected chi connectivity index (χ1v) is 6.16. The first-order valence-electron chi connectivity index (χ1n) is 6.16. The highest BCUT2D eigenvalue weighted by molar-refractivity contribution is 5.25. The molecule has 1 N–H and O–H groups in total. The van der Waals surface area contributed by atoms with Gasteiger partial charge in [0.1, 0.15) is 0 Å². The third-order valence-corrected chi connectivity index (χ3v) is 2.59. The molecular formula is C12H18N6. The predicted octanol–water partition coefficient (Wildman–Crippen LogP) is 1.69. The van der Waals surface area contributed by atoms with Crippen molar-refractivity contribution in [2.75, 3.05) is 11.9 Å². The van der Waals surface area contributed by atoms with E-state index in [1.807, 2.05) is 16.9 Å². The largest absolute Gasteiger partial charge is 0.354 e. The minimum Gasteiger partial charge on any atom is -0.354 e. The van der Waals surface area contributed by atoms with Gasteiger partial charge < -0.3 is 5.32 Å². The maximum Gasteiger partial charge on any atom is 0.222 e. The molecule has 0 aliphatic rings. The lowest BCUT2D eigenvalue weighted by atomic mass is 10.1. The van der Waals surface area contributed by atoms with Crippen LogP contribution in [0, 0.1) is 0 Å². The van der Waals surface area contributed by atoms with Gasteiger partial charge in [-0.2, -0.15) is 0 Å². The van der Waals surface area contributed by atoms with Gasteiger partial charge in [0.15, 0.2) is 0 Å². The molecule has 0 fully saturated rings. The van der Waals surface area contributed by atoms with Crippen LogP contribution in [0.1, 0.15) is 31.9 Å². The Kier molecular flexibility index (Phi) is 4.22. The van der Waals surface area contributed by atoms with Gasteiger partial charge in [-0.25, -0.2) is 9.97 Å². The Hall–Kier alpha value is -1.98. The van der Waals surface area contributed by atoms with E-state index in [1.165, 1.54) is 0 Å². The molecule has 2 rings (SSSR count). The van der Waals surface area contributed by atoms with Gasteiger partial charge in [0.25, 0.3) is 0 Å². The van der Waals surface area contributed by atoms with Crippen molar-refractivity contribution in [3.8, 4) is 0 Å². The van der Waals surface area contributed by atoms with Gasteiger partial charge in [-0.15, -0.1) is 5.10 Å². The number of nitrogens with one attached hydrogen (secondary N) is 1. The molecule has 0 radical (unpaired) electrons. The lowest BCUT2D eigenvalue weighted by Gasteiger charge is -2.08. The third kappa shape index (κ3) is 3.51. The van der Waals surface area contributed by atoms with Crippen LogP contribution in [0.5, 0.6) is 0 Å². The molecule has 2 heterocycles. The van der Waals surface area contributed by atoms with E-state index in [9.17, 15) is 0 Å². The number of anilines is 1. The average molecular weight is 246 g/mol. The fraction of sp³-hybridized carbons (Fsp3) is 0.500. The highest BCUT2D eigenvalue weighted by Crippen LogP contribution is 2.11. The van der Waals surface area contributed by atoms with Crippen molar-refractivity contribution in [3.05, 3.63) is 30.4 Å². The Morgan fingerprint density at radius 3 is 2.94 bits per heavy atom. The molecule has 2 aromatic rings. The van der Waals surface area contributed by atoms with Crippen LogP contribution in [0.15, 0.2) is 24.7 Å². The quantitative estimate of drug-likeness (QED) is 0.786. The zero-order chi connectivity index (χ0) is 12.8. The van der Waals surface area contributed by atoms with E-state index in [0.717, 1.165) is 25.2 Å². The molecule has 0 aromatic carbocycles. The van der Waals surface area contributed by atoms with Crippen molar-refractivity contribution in [2.45, 2.75) is 32.7 Å². The summed E-state index contributed by atoms with van der Waals surface area (Å²) < 4.78 is 1.81. The van der Waals surface area contributed by atoms with Crippen LogP contribution in [0.2, 0.25) is 0 Å². The number of hydrogen-bond donors (Lipinski definition) is 1. The van der Waals surface area contributed by atoms with Crippen molar-refractivity contribution < 1.29 is 0 Å². The zero-order valence-corrected chi connectivity index (χ0v) is 10.7. The van der Waals surface area contributed by atoms with Crippen LogP contribution in [0.3, 0.4) is 0 Å². The van der Waals surface area contributed by atoms with E-state index in [-0.39, 0.29) is 0 Å². The van der Waals surface area contributed by atoms with E-state index in [0.29, 0.717) is 11.9 Å². The summed E-state index contributed by atoms with van der Waals surface area (Å²) in [5.41, 5.74) is 1.06. The van der Waals surface area contributed by atoms with E-state index >= 15 is 0 Å². The summed E-state index contributed by atoms with van der Waals surface area (Å²) in [6.45, 7) is 5.91. The molecule has 6 nitrogen and oxygen atoms in total. The molecule has 0 aliphatic heterocycles. The van der Waals surface area contributed by atoms with Crippen LogP contribution in [-0.4, -0.2) is 31.5 Å². The molecule has 6 heteroatoms. The molecular weight excluding hydrogens is 228 g/mol. The monoisotopic (exact) mass is 246 g/mol. The SMILES string of the molecule is CC(C)c1ccnc(NCCCn2ccnn2)n1. The molecule has 2 aromatic heterocycles. The van der Waals surface area contributed by atoms with Crippen LogP contribution in [0.4, 0.5) is 5.95 Å². The smallest absolute Gasteiger partial charge is 0.222 e. The molecule has 0 aliphatic carbocycles. The maximum atomic E-state index is 4.45. The second-order valence-electron chi connectivity index (χ2n) is 4.41. The molecule has 96 valence electrons. The van der Waals surface area contributed by atoms with E-state index in [2.05, 4.69) is 39.4 Å². The van der Waals surface area contributed by atoms with E-state index in [4.69, 9.17) is 0 Å². The van der Waals surface area contributed by atoms with Crippen LogP contribution in [-0.2, 0) is 6.54 Å². The summed E-state index contributed by atoms with van der Waals surface area (Å²) in [7, 11) is 0. The molecule has 18 heavy (non-hydrogen) atoms. The van der Waals surface area contributed by atoms with Crippen molar-refractivity contribution >= 4 is 5.95 Å². The fourth-order valence-electron chi connectivity index (χ4n) is 1.57. The summed E-state index contributed by atoms with van der Waals surface area (Å²) in [6.07, 6.45) is 6.29. The van der Waals surface area contributed by atoms with Crippen molar-refractivity contribution in [3.63, 3.8) is 0 Å². The van der Waals surface area contributed by atoms with Gasteiger partial charge in [0.2, 0.25) is 5.95 Å². The van der Waals surface area contributed by atoms with Gasteiger partial charge in [-0.3, -0.25) is 4.68 Å². The van der Waals surface area contributed by atoms with Gasteiger partial charge in [-0.05, 0) is 18.4 Å². The summed E-state index contributed by atoms with van der Waals surface area (Å²) in [6, 6.07) is 1.95. The minimum absolute atomic E-state index is 0.420. The average Bonchev–Trinajstić information content (AvgIpc) is 2.88. The summed E-state index contributed by atoms with van der Waals surface area (Å²) in [5.74, 6) is 1.11. The standard InChI is InChI=1S/C12H18N6/c1-10(2)11-4-6-14-12(16-11)13-5-3-8-18-9-7-15-17-18/h4,6-7,9-10H,3,5,8H2,1-2H3,(H,13,14,16). The zero-order valence-electron chi connectivity index (χ0n) is 10.7. The number of rotatable bonds is 6. The van der Waals surface area contributed by atoms with Crippen molar-refractivity contribution in [1.29, 1.82) is 0 Å². The normalized spacial score (nSPS) is 10.8. The molecule has 0 amide bonds. The predicted molar refractivity (Wildman–Crippen MR) is 69.2 cm³/mol. The van der Waals surface area contributed by atoms with Crippen LogP contribution in [0.25, 0.3) is 0 Å². The Bertz CT molecular complexity index is 465. The van der Waals surface area contributed by atoms with Gasteiger partial charge >= 0.3 is 0 Å². The summed E-state index contributed by atoms with van der Waals surface area (Å²) >= 11 is 0. The minimum atomic E-state index is 0.420. The highest BCUT2D eigenvalue weighted by atomic mass is 15.4. The number of nitrogens with zero attached hydrogens (tertiary/aromatic N) is 5. The third-order valence-electron chi connectivity index (χ3n) is 2.59. The van der Waals surface area contributed by atoms with Crippen LogP contribution >= 0.6 is 0 Å². The summed E-state index contributed by atoms with van der Waals surface area (Å²) in [4.78, 5) is 8.65. The Morgan fingerprint density at radius 2 is 2.22 bits per heavy atom. The van der Waals surface area contributed by atoms with Crippen molar-refractivity contribution in [2.24, 2.45) is 0 Å². The summed E-state index contributed by atoms with van der Waals surface area (Å²) in [5, 5.41) is 10.9. The Balaban J connectivity index is 1.78. The molecule has 0 saturated carbocycles. The number of aryl methyl sites for hydroxylation is 1. The van der Waals surface area contributed by atoms with Crippen molar-refractivity contribution in [1.82, 2.24) is 25.0 Å².